The first-order chi connectivity index (χ1) is 9.09. The summed E-state index contributed by atoms with van der Waals surface area (Å²) in [5.41, 5.74) is 0. The number of carboxylic acids is 1. The third-order valence-corrected chi connectivity index (χ3v) is 4.52. The van der Waals surface area contributed by atoms with Crippen molar-refractivity contribution in [3.05, 3.63) is 0 Å². The van der Waals surface area contributed by atoms with Gasteiger partial charge < -0.3 is 15.7 Å². The fraction of sp³-hybridized carbons (Fsp3) is 0.857. The Hall–Kier alpha value is -1.10. The van der Waals surface area contributed by atoms with Crippen LogP contribution >= 0.6 is 0 Å². The normalized spacial score (nSPS) is 35.6. The number of hydrogen-bond acceptors (Lipinski definition) is 3. The molecule has 2 aliphatic rings. The van der Waals surface area contributed by atoms with E-state index in [-0.39, 0.29) is 17.9 Å². The van der Waals surface area contributed by atoms with E-state index in [1.165, 1.54) is 0 Å². The number of carbonyl (C=O) groups is 2. The van der Waals surface area contributed by atoms with Crippen LogP contribution in [0.5, 0.6) is 0 Å². The lowest BCUT2D eigenvalue weighted by molar-refractivity contribution is -0.143. The maximum Gasteiger partial charge on any atom is 0.308 e. The monoisotopic (exact) mass is 268 g/mol. The van der Waals surface area contributed by atoms with Crippen molar-refractivity contribution in [3.63, 3.8) is 0 Å². The number of carboxylic acid groups (broad SMARTS) is 1. The maximum absolute atomic E-state index is 12.3. The molecule has 4 unspecified atom stereocenters. The van der Waals surface area contributed by atoms with Crippen molar-refractivity contribution in [1.29, 1.82) is 0 Å². The molecule has 5 heteroatoms. The van der Waals surface area contributed by atoms with E-state index in [2.05, 4.69) is 17.6 Å². The lowest BCUT2D eigenvalue weighted by Gasteiger charge is -2.25. The molecule has 0 bridgehead atoms. The third kappa shape index (κ3) is 3.47. The van der Waals surface area contributed by atoms with Crippen molar-refractivity contribution in [2.24, 2.45) is 17.8 Å². The van der Waals surface area contributed by atoms with E-state index in [1.807, 2.05) is 0 Å². The summed E-state index contributed by atoms with van der Waals surface area (Å²) in [4.78, 5) is 23.6. The molecule has 1 saturated carbocycles. The highest BCUT2D eigenvalue weighted by Crippen LogP contribution is 2.25. The molecule has 3 N–H and O–H groups in total. The second-order valence-corrected chi connectivity index (χ2v) is 5.94. The van der Waals surface area contributed by atoms with Crippen molar-refractivity contribution in [1.82, 2.24) is 10.6 Å². The summed E-state index contributed by atoms with van der Waals surface area (Å²) in [5.74, 6) is -0.858. The molecule has 1 saturated heterocycles. The number of hydrogen-bond donors (Lipinski definition) is 3. The first kappa shape index (κ1) is 14.3. The fourth-order valence-corrected chi connectivity index (χ4v) is 3.23. The molecule has 108 valence electrons. The smallest absolute Gasteiger partial charge is 0.308 e. The largest absolute Gasteiger partial charge is 0.481 e. The maximum atomic E-state index is 12.3. The van der Waals surface area contributed by atoms with E-state index in [0.717, 1.165) is 32.2 Å². The molecule has 19 heavy (non-hydrogen) atoms. The lowest BCUT2D eigenvalue weighted by atomic mass is 9.92. The van der Waals surface area contributed by atoms with Gasteiger partial charge in [-0.15, -0.1) is 0 Å². The Morgan fingerprint density at radius 1 is 1.11 bits per heavy atom. The fourth-order valence-electron chi connectivity index (χ4n) is 3.23. The van der Waals surface area contributed by atoms with Gasteiger partial charge in [-0.25, -0.2) is 0 Å². The topological polar surface area (TPSA) is 78.4 Å². The van der Waals surface area contributed by atoms with Gasteiger partial charge in [-0.3, -0.25) is 9.59 Å². The van der Waals surface area contributed by atoms with Crippen molar-refractivity contribution in [2.75, 3.05) is 13.1 Å². The quantitative estimate of drug-likeness (QED) is 0.667. The third-order valence-electron chi connectivity index (χ3n) is 4.52. The summed E-state index contributed by atoms with van der Waals surface area (Å²) in [6, 6.07) is -0.194. The molecule has 0 aromatic carbocycles. The Balaban J connectivity index is 1.98. The molecule has 0 aromatic rings. The van der Waals surface area contributed by atoms with Gasteiger partial charge in [0.1, 0.15) is 0 Å². The summed E-state index contributed by atoms with van der Waals surface area (Å²) in [7, 11) is 0. The lowest BCUT2D eigenvalue weighted by Crippen LogP contribution is -2.46. The van der Waals surface area contributed by atoms with Crippen LogP contribution in [0, 0.1) is 17.8 Å². The Kier molecular flexibility index (Phi) is 4.80. The number of nitrogens with one attached hydrogen (secondary N) is 2. The molecule has 0 radical (unpaired) electrons. The molecular weight excluding hydrogens is 244 g/mol. The average Bonchev–Trinajstić information content (AvgIpc) is 2.65. The SMILES string of the molecule is CC1CNCC1C(=O)NC1CCCCCC1C(=O)O. The molecule has 1 heterocycles. The first-order valence-corrected chi connectivity index (χ1v) is 7.33. The minimum absolute atomic E-state index is 0.0160. The Labute approximate surface area is 114 Å². The summed E-state index contributed by atoms with van der Waals surface area (Å²) < 4.78 is 0. The highest BCUT2D eigenvalue weighted by Gasteiger charge is 2.35. The summed E-state index contributed by atoms with van der Waals surface area (Å²) in [6.45, 7) is 3.63. The molecule has 4 atom stereocenters. The number of aliphatic carboxylic acids is 1. The molecule has 0 spiro atoms. The Morgan fingerprint density at radius 3 is 2.47 bits per heavy atom. The highest BCUT2D eigenvalue weighted by molar-refractivity contribution is 5.81. The second kappa shape index (κ2) is 6.37. The molecule has 1 aliphatic carbocycles. The van der Waals surface area contributed by atoms with Crippen LogP contribution in [-0.4, -0.2) is 36.1 Å². The molecular formula is C14H24N2O3. The zero-order valence-electron chi connectivity index (χ0n) is 11.5. The molecule has 2 fully saturated rings. The highest BCUT2D eigenvalue weighted by atomic mass is 16.4. The van der Waals surface area contributed by atoms with Gasteiger partial charge in [0.05, 0.1) is 11.8 Å². The second-order valence-electron chi connectivity index (χ2n) is 5.94. The van der Waals surface area contributed by atoms with Gasteiger partial charge in [-0.2, -0.15) is 0 Å². The van der Waals surface area contributed by atoms with Gasteiger partial charge in [0.2, 0.25) is 5.91 Å². The zero-order chi connectivity index (χ0) is 13.8. The van der Waals surface area contributed by atoms with Crippen LogP contribution in [0.15, 0.2) is 0 Å². The van der Waals surface area contributed by atoms with Crippen molar-refractivity contribution in [3.8, 4) is 0 Å². The van der Waals surface area contributed by atoms with Crippen LogP contribution in [0.4, 0.5) is 0 Å². The van der Waals surface area contributed by atoms with Crippen LogP contribution in [0.3, 0.4) is 0 Å². The molecule has 5 nitrogen and oxygen atoms in total. The summed E-state index contributed by atoms with van der Waals surface area (Å²) in [6.07, 6.45) is 4.49. The summed E-state index contributed by atoms with van der Waals surface area (Å²) >= 11 is 0. The van der Waals surface area contributed by atoms with E-state index >= 15 is 0 Å². The van der Waals surface area contributed by atoms with Gasteiger partial charge >= 0.3 is 5.97 Å². The van der Waals surface area contributed by atoms with E-state index in [0.29, 0.717) is 18.9 Å². The van der Waals surface area contributed by atoms with E-state index in [4.69, 9.17) is 0 Å². The van der Waals surface area contributed by atoms with Crippen LogP contribution in [0.1, 0.15) is 39.0 Å². The molecule has 0 aromatic heterocycles. The van der Waals surface area contributed by atoms with E-state index in [1.54, 1.807) is 0 Å². The Bertz CT molecular complexity index is 346. The predicted octanol–water partition coefficient (Wildman–Crippen LogP) is 0.992. The molecule has 1 aliphatic heterocycles. The van der Waals surface area contributed by atoms with Crippen LogP contribution in [0.2, 0.25) is 0 Å². The molecule has 2 rings (SSSR count). The minimum atomic E-state index is -0.773. The van der Waals surface area contributed by atoms with Gasteiger partial charge in [-0.05, 0) is 25.3 Å². The van der Waals surface area contributed by atoms with Crippen LogP contribution in [0.25, 0.3) is 0 Å². The average molecular weight is 268 g/mol. The number of carbonyl (C=O) groups excluding carboxylic acids is 1. The van der Waals surface area contributed by atoms with E-state index < -0.39 is 11.9 Å². The zero-order valence-corrected chi connectivity index (χ0v) is 11.5. The number of rotatable bonds is 3. The molecule has 1 amide bonds. The predicted molar refractivity (Wildman–Crippen MR) is 71.7 cm³/mol. The van der Waals surface area contributed by atoms with Gasteiger partial charge in [0, 0.05) is 12.6 Å². The van der Waals surface area contributed by atoms with Crippen LogP contribution in [-0.2, 0) is 9.59 Å². The number of amides is 1. The standard InChI is InChI=1S/C14H24N2O3/c1-9-7-15-8-11(9)13(17)16-12-6-4-2-3-5-10(12)14(18)19/h9-12,15H,2-8H2,1H3,(H,16,17)(H,18,19). The Morgan fingerprint density at radius 2 is 1.84 bits per heavy atom. The van der Waals surface area contributed by atoms with Crippen molar-refractivity contribution in [2.45, 2.75) is 45.1 Å². The minimum Gasteiger partial charge on any atom is -0.481 e. The van der Waals surface area contributed by atoms with Gasteiger partial charge in [0.15, 0.2) is 0 Å². The van der Waals surface area contributed by atoms with Crippen molar-refractivity contribution >= 4 is 11.9 Å². The van der Waals surface area contributed by atoms with E-state index in [9.17, 15) is 14.7 Å². The van der Waals surface area contributed by atoms with Crippen LogP contribution < -0.4 is 10.6 Å². The van der Waals surface area contributed by atoms with Gasteiger partial charge in [-0.1, -0.05) is 26.2 Å². The first-order valence-electron chi connectivity index (χ1n) is 7.33. The van der Waals surface area contributed by atoms with Crippen molar-refractivity contribution < 1.29 is 14.7 Å². The summed E-state index contributed by atoms with van der Waals surface area (Å²) in [5, 5.41) is 15.5. The van der Waals surface area contributed by atoms with Gasteiger partial charge in [0.25, 0.3) is 0 Å².